The maximum Gasteiger partial charge on any atom is 0.261 e. The number of aryl methyl sites for hydroxylation is 1. The molecule has 0 aliphatic rings. The minimum Gasteiger partial charge on any atom is -0.310 e. The summed E-state index contributed by atoms with van der Waals surface area (Å²) in [5.74, 6) is 0.359. The number of nitrogens with one attached hydrogen (secondary N) is 1. The van der Waals surface area contributed by atoms with Crippen molar-refractivity contribution in [3.05, 3.63) is 72.1 Å². The molecule has 6 nitrogen and oxygen atoms in total. The quantitative estimate of drug-likeness (QED) is 0.581. The maximum absolute atomic E-state index is 12.9. The van der Waals surface area contributed by atoms with Crippen molar-refractivity contribution < 1.29 is 4.79 Å². The Morgan fingerprint density at radius 3 is 2.59 bits per heavy atom. The van der Waals surface area contributed by atoms with E-state index in [9.17, 15) is 4.79 Å². The number of nitrogens with zero attached hydrogens (tertiary/aromatic N) is 4. The van der Waals surface area contributed by atoms with Crippen LogP contribution in [0.5, 0.6) is 0 Å². The Bertz CT molecular complexity index is 1090. The Labute approximate surface area is 157 Å². The molecule has 0 fully saturated rings. The number of anilines is 1. The number of benzene rings is 2. The summed E-state index contributed by atoms with van der Waals surface area (Å²) in [5.41, 5.74) is 4.14. The van der Waals surface area contributed by atoms with Gasteiger partial charge in [-0.2, -0.15) is 5.10 Å². The lowest BCUT2D eigenvalue weighted by Crippen LogP contribution is -2.17. The molecule has 1 amide bonds. The molecule has 1 N–H and O–H groups in total. The zero-order chi connectivity index (χ0) is 18.8. The molecule has 136 valence electrons. The molecular formula is C21H21N5O. The van der Waals surface area contributed by atoms with Gasteiger partial charge in [-0.3, -0.25) is 10.1 Å². The molecule has 0 saturated heterocycles. The van der Waals surface area contributed by atoms with E-state index in [2.05, 4.69) is 22.3 Å². The number of rotatable bonds is 5. The molecular weight excluding hydrogens is 338 g/mol. The fourth-order valence-electron chi connectivity index (χ4n) is 3.25. The Balaban J connectivity index is 1.66. The summed E-state index contributed by atoms with van der Waals surface area (Å²) in [7, 11) is 0. The molecule has 0 unspecified atom stereocenters. The largest absolute Gasteiger partial charge is 0.310 e. The summed E-state index contributed by atoms with van der Waals surface area (Å²) in [6, 6.07) is 17.7. The van der Waals surface area contributed by atoms with Gasteiger partial charge in [-0.25, -0.2) is 9.67 Å². The molecule has 2 aromatic carbocycles. The third kappa shape index (κ3) is 3.10. The lowest BCUT2D eigenvalue weighted by Gasteiger charge is -2.09. The monoisotopic (exact) mass is 359 g/mol. The number of amides is 1. The molecule has 0 aliphatic carbocycles. The van der Waals surface area contributed by atoms with Gasteiger partial charge in [0.05, 0.1) is 34.2 Å². The first-order valence-corrected chi connectivity index (χ1v) is 9.05. The zero-order valence-electron chi connectivity index (χ0n) is 15.4. The molecule has 0 atom stereocenters. The van der Waals surface area contributed by atoms with Crippen LogP contribution in [0, 0.1) is 6.92 Å². The van der Waals surface area contributed by atoms with Crippen LogP contribution in [0.25, 0.3) is 16.7 Å². The van der Waals surface area contributed by atoms with Gasteiger partial charge in [0, 0.05) is 6.54 Å². The van der Waals surface area contributed by atoms with E-state index in [4.69, 9.17) is 0 Å². The van der Waals surface area contributed by atoms with Crippen LogP contribution in [0.3, 0.4) is 0 Å². The van der Waals surface area contributed by atoms with Crippen LogP contribution >= 0.6 is 0 Å². The molecule has 4 aromatic rings. The highest BCUT2D eigenvalue weighted by molar-refractivity contribution is 6.04. The van der Waals surface area contributed by atoms with Crippen LogP contribution in [0.1, 0.15) is 29.4 Å². The number of imidazole rings is 1. The van der Waals surface area contributed by atoms with Crippen molar-refractivity contribution in [2.75, 3.05) is 5.32 Å². The third-order valence-corrected chi connectivity index (χ3v) is 4.58. The lowest BCUT2D eigenvalue weighted by atomic mass is 10.2. The van der Waals surface area contributed by atoms with Gasteiger partial charge in [-0.1, -0.05) is 37.3 Å². The number of hydrogen-bond acceptors (Lipinski definition) is 3. The number of fused-ring (bicyclic) bond motifs is 1. The lowest BCUT2D eigenvalue weighted by molar-refractivity contribution is 0.102. The summed E-state index contributed by atoms with van der Waals surface area (Å²) in [5, 5.41) is 7.35. The Morgan fingerprint density at radius 1 is 1.07 bits per heavy atom. The highest BCUT2D eigenvalue weighted by atomic mass is 16.1. The summed E-state index contributed by atoms with van der Waals surface area (Å²) >= 11 is 0. The number of carbonyl (C=O) groups excluding carboxylic acids is 1. The van der Waals surface area contributed by atoms with Gasteiger partial charge in [-0.15, -0.1) is 0 Å². The van der Waals surface area contributed by atoms with Crippen molar-refractivity contribution in [1.29, 1.82) is 0 Å². The van der Waals surface area contributed by atoms with Gasteiger partial charge < -0.3 is 4.57 Å². The van der Waals surface area contributed by atoms with Gasteiger partial charge in [0.1, 0.15) is 0 Å². The second-order valence-corrected chi connectivity index (χ2v) is 6.42. The average molecular weight is 359 g/mol. The van der Waals surface area contributed by atoms with E-state index < -0.39 is 0 Å². The van der Waals surface area contributed by atoms with Crippen LogP contribution in [0.15, 0.2) is 60.8 Å². The fraction of sp³-hybridized carbons (Fsp3) is 0.190. The highest BCUT2D eigenvalue weighted by Crippen LogP contribution is 2.21. The maximum atomic E-state index is 12.9. The summed E-state index contributed by atoms with van der Waals surface area (Å²) < 4.78 is 3.81. The Hall–Kier alpha value is -3.41. The second kappa shape index (κ2) is 7.07. The van der Waals surface area contributed by atoms with Crippen molar-refractivity contribution in [3.8, 4) is 5.69 Å². The van der Waals surface area contributed by atoms with Crippen molar-refractivity contribution >= 4 is 22.9 Å². The molecule has 0 saturated carbocycles. The van der Waals surface area contributed by atoms with E-state index in [1.807, 2.05) is 66.1 Å². The van der Waals surface area contributed by atoms with Crippen LogP contribution in [-0.2, 0) is 6.54 Å². The smallest absolute Gasteiger partial charge is 0.261 e. The van der Waals surface area contributed by atoms with Gasteiger partial charge in [-0.05, 0) is 37.6 Å². The minimum atomic E-state index is -0.206. The van der Waals surface area contributed by atoms with Crippen LogP contribution in [0.2, 0.25) is 0 Å². The molecule has 2 aromatic heterocycles. The minimum absolute atomic E-state index is 0.206. The van der Waals surface area contributed by atoms with Crippen molar-refractivity contribution in [3.63, 3.8) is 0 Å². The molecule has 4 rings (SSSR count). The second-order valence-electron chi connectivity index (χ2n) is 6.42. The molecule has 0 aliphatic heterocycles. The zero-order valence-corrected chi connectivity index (χ0v) is 15.4. The van der Waals surface area contributed by atoms with E-state index in [1.54, 1.807) is 10.9 Å². The van der Waals surface area contributed by atoms with Crippen LogP contribution in [0.4, 0.5) is 5.95 Å². The number of para-hydroxylation sites is 3. The van der Waals surface area contributed by atoms with Gasteiger partial charge in [0.2, 0.25) is 5.95 Å². The van der Waals surface area contributed by atoms with E-state index >= 15 is 0 Å². The van der Waals surface area contributed by atoms with E-state index in [-0.39, 0.29) is 5.91 Å². The van der Waals surface area contributed by atoms with Crippen LogP contribution < -0.4 is 5.32 Å². The highest BCUT2D eigenvalue weighted by Gasteiger charge is 2.18. The van der Waals surface area contributed by atoms with Gasteiger partial charge >= 0.3 is 0 Å². The first-order chi connectivity index (χ1) is 13.2. The normalized spacial score (nSPS) is 11.0. The Kier molecular flexibility index (Phi) is 4.46. The van der Waals surface area contributed by atoms with Crippen molar-refractivity contribution in [2.45, 2.75) is 26.8 Å². The molecule has 0 radical (unpaired) electrons. The molecule has 2 heterocycles. The molecule has 6 heteroatoms. The number of hydrogen-bond donors (Lipinski definition) is 1. The fourth-order valence-corrected chi connectivity index (χ4v) is 3.25. The van der Waals surface area contributed by atoms with E-state index in [1.165, 1.54) is 0 Å². The molecule has 27 heavy (non-hydrogen) atoms. The summed E-state index contributed by atoms with van der Waals surface area (Å²) in [6.45, 7) is 4.79. The third-order valence-electron chi connectivity index (χ3n) is 4.58. The first-order valence-electron chi connectivity index (χ1n) is 9.05. The van der Waals surface area contributed by atoms with Crippen LogP contribution in [-0.4, -0.2) is 25.2 Å². The van der Waals surface area contributed by atoms with Crippen molar-refractivity contribution in [1.82, 2.24) is 19.3 Å². The summed E-state index contributed by atoms with van der Waals surface area (Å²) in [4.78, 5) is 17.5. The molecule has 0 spiro atoms. The standard InChI is InChI=1S/C21H21N5O/c1-3-13-25-19-12-8-7-11-18(19)23-21(25)24-20(27)17-14-22-26(15(17)2)16-9-5-4-6-10-16/h4-12,14H,3,13H2,1-2H3,(H,23,24,27). The predicted molar refractivity (Wildman–Crippen MR) is 106 cm³/mol. The van der Waals surface area contributed by atoms with E-state index in [0.29, 0.717) is 11.5 Å². The number of carbonyl (C=O) groups is 1. The number of aromatic nitrogens is 4. The van der Waals surface area contributed by atoms with E-state index in [0.717, 1.165) is 35.4 Å². The Morgan fingerprint density at radius 2 is 1.81 bits per heavy atom. The predicted octanol–water partition coefficient (Wildman–Crippen LogP) is 4.19. The van der Waals surface area contributed by atoms with Gasteiger partial charge in [0.25, 0.3) is 5.91 Å². The average Bonchev–Trinajstić information content (AvgIpc) is 3.24. The SMILES string of the molecule is CCCn1c(NC(=O)c2cnn(-c3ccccc3)c2C)nc2ccccc21. The summed E-state index contributed by atoms with van der Waals surface area (Å²) in [6.07, 6.45) is 2.55. The van der Waals surface area contributed by atoms with Gasteiger partial charge in [0.15, 0.2) is 0 Å². The molecule has 0 bridgehead atoms. The first kappa shape index (κ1) is 17.0. The topological polar surface area (TPSA) is 64.7 Å². The van der Waals surface area contributed by atoms with Crippen molar-refractivity contribution in [2.24, 2.45) is 0 Å².